The standard InChI is InChI=1S/C36H32N6O8/c1-39-27(43)15-13-25(33(39)47)41-31(45)21-5-3-7-23(29(21)35(41)49)37-17-19-9-11-20(12-10-19)18-38-24-8-4-6-22-30(24)36(50)42(32(22)46)26-14-16-28(44)40(2)34(26)48/h3-12,25-26,37-38H,13-18H2,1-2H3. The fraction of sp³-hybridized carbons (Fsp3) is 0.278. The average Bonchev–Trinajstić information content (AvgIpc) is 3.53. The molecule has 0 radical (unpaired) electrons. The number of nitrogens with zero attached hydrogens (tertiary/aromatic N) is 4. The number of imide groups is 4. The second-order valence-corrected chi connectivity index (χ2v) is 12.6. The first-order chi connectivity index (χ1) is 24.0. The molecule has 2 atom stereocenters. The van der Waals surface area contributed by atoms with E-state index in [-0.39, 0.29) is 59.8 Å². The zero-order valence-electron chi connectivity index (χ0n) is 27.2. The number of benzene rings is 3. The highest BCUT2D eigenvalue weighted by molar-refractivity contribution is 6.26. The van der Waals surface area contributed by atoms with E-state index in [4.69, 9.17) is 0 Å². The Kier molecular flexibility index (Phi) is 8.01. The first-order valence-electron chi connectivity index (χ1n) is 16.2. The maximum Gasteiger partial charge on any atom is 0.264 e. The highest BCUT2D eigenvalue weighted by atomic mass is 16.2. The normalized spacial score (nSPS) is 20.6. The van der Waals surface area contributed by atoms with Gasteiger partial charge >= 0.3 is 0 Å². The SMILES string of the molecule is CN1C(=O)CCC(N2C(=O)c3cccc(NCc4ccc(CNc5cccc6c5C(=O)N(C5CCC(=O)N(C)C5=O)C6=O)cc4)c3C2=O)C1=O. The van der Waals surface area contributed by atoms with Crippen molar-refractivity contribution in [1.82, 2.24) is 19.6 Å². The number of carbonyl (C=O) groups is 8. The van der Waals surface area contributed by atoms with Gasteiger partial charge in [-0.1, -0.05) is 36.4 Å². The molecule has 2 saturated heterocycles. The Morgan fingerprint density at radius 3 is 1.30 bits per heavy atom. The third kappa shape index (κ3) is 5.19. The molecule has 3 aromatic carbocycles. The Morgan fingerprint density at radius 2 is 0.920 bits per heavy atom. The molecule has 0 saturated carbocycles. The Hall–Kier alpha value is -6.18. The van der Waals surface area contributed by atoms with Crippen LogP contribution in [0.2, 0.25) is 0 Å². The van der Waals surface area contributed by atoms with Crippen LogP contribution >= 0.6 is 0 Å². The lowest BCUT2D eigenvalue weighted by Crippen LogP contribution is -2.54. The van der Waals surface area contributed by atoms with E-state index >= 15 is 0 Å². The van der Waals surface area contributed by atoms with Crippen LogP contribution in [-0.4, -0.2) is 93.0 Å². The highest BCUT2D eigenvalue weighted by Crippen LogP contribution is 2.35. The number of nitrogens with one attached hydrogen (secondary N) is 2. The van der Waals surface area contributed by atoms with Crippen molar-refractivity contribution >= 4 is 58.6 Å². The molecule has 14 heteroatoms. The molecular weight excluding hydrogens is 644 g/mol. The van der Waals surface area contributed by atoms with Crippen LogP contribution in [0.25, 0.3) is 0 Å². The monoisotopic (exact) mass is 676 g/mol. The van der Waals surface area contributed by atoms with Crippen LogP contribution in [0.3, 0.4) is 0 Å². The molecule has 0 bridgehead atoms. The molecule has 8 amide bonds. The maximum absolute atomic E-state index is 13.5. The minimum absolute atomic E-state index is 0.0610. The van der Waals surface area contributed by atoms with Gasteiger partial charge in [-0.2, -0.15) is 0 Å². The fourth-order valence-corrected chi connectivity index (χ4v) is 6.91. The minimum atomic E-state index is -1.04. The number of rotatable bonds is 8. The number of likely N-dealkylation sites (N-methyl/N-ethyl adjacent to an activating group) is 2. The zero-order chi connectivity index (χ0) is 35.4. The van der Waals surface area contributed by atoms with E-state index in [2.05, 4.69) is 10.6 Å². The molecule has 0 aromatic heterocycles. The first-order valence-corrected chi connectivity index (χ1v) is 16.2. The Balaban J connectivity index is 1.00. The predicted molar refractivity (Wildman–Crippen MR) is 177 cm³/mol. The van der Waals surface area contributed by atoms with Gasteiger partial charge in [0.05, 0.1) is 22.3 Å². The number of amides is 8. The van der Waals surface area contributed by atoms with E-state index < -0.39 is 47.5 Å². The number of hydrogen-bond donors (Lipinski definition) is 2. The zero-order valence-corrected chi connectivity index (χ0v) is 27.2. The number of likely N-dealkylation sites (tertiary alicyclic amines) is 2. The lowest BCUT2D eigenvalue weighted by Gasteiger charge is -2.32. The number of anilines is 2. The van der Waals surface area contributed by atoms with Crippen molar-refractivity contribution in [2.75, 3.05) is 24.7 Å². The van der Waals surface area contributed by atoms with Gasteiger partial charge in [-0.3, -0.25) is 58.0 Å². The molecule has 2 unspecified atom stereocenters. The molecule has 50 heavy (non-hydrogen) atoms. The molecule has 3 aromatic rings. The molecule has 14 nitrogen and oxygen atoms in total. The summed E-state index contributed by atoms with van der Waals surface area (Å²) < 4.78 is 0. The summed E-state index contributed by atoms with van der Waals surface area (Å²) in [7, 11) is 2.69. The van der Waals surface area contributed by atoms with Crippen LogP contribution in [0, 0.1) is 0 Å². The highest BCUT2D eigenvalue weighted by Gasteiger charge is 2.48. The predicted octanol–water partition coefficient (Wildman–Crippen LogP) is 2.40. The maximum atomic E-state index is 13.5. The average molecular weight is 677 g/mol. The quantitative estimate of drug-likeness (QED) is 0.338. The first kappa shape index (κ1) is 32.4. The lowest BCUT2D eigenvalue weighted by molar-refractivity contribution is -0.151. The van der Waals surface area contributed by atoms with Crippen LogP contribution in [0.4, 0.5) is 11.4 Å². The van der Waals surface area contributed by atoms with Gasteiger partial charge in [0.15, 0.2) is 0 Å². The van der Waals surface area contributed by atoms with Gasteiger partial charge in [-0.25, -0.2) is 0 Å². The Morgan fingerprint density at radius 1 is 0.540 bits per heavy atom. The van der Waals surface area contributed by atoms with Crippen molar-refractivity contribution < 1.29 is 38.4 Å². The summed E-state index contributed by atoms with van der Waals surface area (Å²) in [5.74, 6) is -4.17. The fourth-order valence-electron chi connectivity index (χ4n) is 6.91. The minimum Gasteiger partial charge on any atom is -0.380 e. The third-order valence-electron chi connectivity index (χ3n) is 9.75. The lowest BCUT2D eigenvalue weighted by atomic mass is 10.0. The van der Waals surface area contributed by atoms with Gasteiger partial charge in [0.1, 0.15) is 12.1 Å². The number of carbonyl (C=O) groups excluding carboxylic acids is 8. The smallest absolute Gasteiger partial charge is 0.264 e. The summed E-state index contributed by atoms with van der Waals surface area (Å²) in [6.07, 6.45) is 0.288. The Bertz CT molecular complexity index is 1900. The molecule has 4 aliphatic heterocycles. The van der Waals surface area contributed by atoms with Crippen LogP contribution < -0.4 is 10.6 Å². The van der Waals surface area contributed by atoms with Crippen molar-refractivity contribution in [1.29, 1.82) is 0 Å². The second kappa shape index (κ2) is 12.4. The van der Waals surface area contributed by atoms with Crippen LogP contribution in [0.1, 0.15) is 78.2 Å². The summed E-state index contributed by atoms with van der Waals surface area (Å²) in [4.78, 5) is 107. The molecule has 2 fully saturated rings. The van der Waals surface area contributed by atoms with Gasteiger partial charge in [0, 0.05) is 51.4 Å². The van der Waals surface area contributed by atoms with Gasteiger partial charge in [0.25, 0.3) is 35.4 Å². The van der Waals surface area contributed by atoms with Gasteiger partial charge in [-0.15, -0.1) is 0 Å². The van der Waals surface area contributed by atoms with Gasteiger partial charge < -0.3 is 10.6 Å². The largest absolute Gasteiger partial charge is 0.380 e. The molecule has 254 valence electrons. The molecule has 7 rings (SSSR count). The topological polar surface area (TPSA) is 174 Å². The molecular formula is C36H32N6O8. The summed E-state index contributed by atoms with van der Waals surface area (Å²) >= 11 is 0. The number of piperidine rings is 2. The van der Waals surface area contributed by atoms with E-state index in [0.717, 1.165) is 30.7 Å². The van der Waals surface area contributed by atoms with E-state index in [1.54, 1.807) is 36.4 Å². The molecule has 0 aliphatic carbocycles. The van der Waals surface area contributed by atoms with E-state index in [9.17, 15) is 38.4 Å². The van der Waals surface area contributed by atoms with E-state index in [1.807, 2.05) is 24.3 Å². The van der Waals surface area contributed by atoms with Gasteiger partial charge in [-0.05, 0) is 48.2 Å². The Labute approximate surface area is 286 Å². The van der Waals surface area contributed by atoms with Crippen molar-refractivity contribution in [3.05, 3.63) is 94.0 Å². The van der Waals surface area contributed by atoms with Gasteiger partial charge in [0.2, 0.25) is 11.8 Å². The molecule has 4 aliphatic rings. The van der Waals surface area contributed by atoms with Crippen molar-refractivity contribution in [3.63, 3.8) is 0 Å². The summed E-state index contributed by atoms with van der Waals surface area (Å²) in [5.41, 5.74) is 3.39. The van der Waals surface area contributed by atoms with Crippen molar-refractivity contribution in [3.8, 4) is 0 Å². The number of fused-ring (bicyclic) bond motifs is 2. The van der Waals surface area contributed by atoms with Crippen LogP contribution in [0.5, 0.6) is 0 Å². The van der Waals surface area contributed by atoms with Crippen LogP contribution in [-0.2, 0) is 32.3 Å². The summed E-state index contributed by atoms with van der Waals surface area (Å²) in [6, 6.07) is 15.3. The summed E-state index contributed by atoms with van der Waals surface area (Å²) in [5, 5.41) is 6.46. The molecule has 0 spiro atoms. The van der Waals surface area contributed by atoms with E-state index in [0.29, 0.717) is 24.5 Å². The molecule has 2 N–H and O–H groups in total. The van der Waals surface area contributed by atoms with Crippen molar-refractivity contribution in [2.45, 2.75) is 50.9 Å². The number of hydrogen-bond acceptors (Lipinski definition) is 10. The molecule has 4 heterocycles. The third-order valence-corrected chi connectivity index (χ3v) is 9.75. The summed E-state index contributed by atoms with van der Waals surface area (Å²) in [6.45, 7) is 0.648. The van der Waals surface area contributed by atoms with Crippen LogP contribution in [0.15, 0.2) is 60.7 Å². The van der Waals surface area contributed by atoms with Crippen molar-refractivity contribution in [2.24, 2.45) is 0 Å². The van der Waals surface area contributed by atoms with E-state index in [1.165, 1.54) is 14.1 Å². The second-order valence-electron chi connectivity index (χ2n) is 12.6.